The normalized spacial score (nSPS) is 10.5. The van der Waals surface area contributed by atoms with Gasteiger partial charge < -0.3 is 19.6 Å². The van der Waals surface area contributed by atoms with Crippen molar-refractivity contribution in [1.82, 2.24) is 4.98 Å². The number of nitrogens with one attached hydrogen (secondary N) is 1. The first kappa shape index (κ1) is 13.9. The fourth-order valence-electron chi connectivity index (χ4n) is 1.18. The van der Waals surface area contributed by atoms with Crippen LogP contribution < -0.4 is 11.3 Å². The van der Waals surface area contributed by atoms with Crippen molar-refractivity contribution in [3.63, 3.8) is 0 Å². The third-order valence-corrected chi connectivity index (χ3v) is 2.01. The van der Waals surface area contributed by atoms with Crippen molar-refractivity contribution in [1.29, 1.82) is 0 Å². The summed E-state index contributed by atoms with van der Waals surface area (Å²) in [5, 5.41) is 0. The van der Waals surface area contributed by atoms with Gasteiger partial charge in [0.05, 0.1) is 38.7 Å². The van der Waals surface area contributed by atoms with Crippen LogP contribution in [0.1, 0.15) is 5.69 Å². The summed E-state index contributed by atoms with van der Waals surface area (Å²) in [6, 6.07) is 5.54. The van der Waals surface area contributed by atoms with Crippen LogP contribution in [0.15, 0.2) is 18.2 Å². The molecule has 0 amide bonds. The number of rotatable bonds is 9. The fourth-order valence-corrected chi connectivity index (χ4v) is 1.18. The van der Waals surface area contributed by atoms with Crippen LogP contribution in [0.25, 0.3) is 0 Å². The summed E-state index contributed by atoms with van der Waals surface area (Å²) in [5.74, 6) is 5.88. The molecule has 0 unspecified atom stereocenters. The Labute approximate surface area is 101 Å². The number of nitrogens with two attached hydrogens (primary N) is 1. The summed E-state index contributed by atoms with van der Waals surface area (Å²) in [6.45, 7) is 2.73. The van der Waals surface area contributed by atoms with Gasteiger partial charge in [0.2, 0.25) is 0 Å². The van der Waals surface area contributed by atoms with Crippen LogP contribution in [-0.2, 0) is 20.8 Å². The molecule has 0 atom stereocenters. The van der Waals surface area contributed by atoms with E-state index in [-0.39, 0.29) is 0 Å². The van der Waals surface area contributed by atoms with Crippen LogP contribution in [0, 0.1) is 0 Å². The van der Waals surface area contributed by atoms with Crippen molar-refractivity contribution in [2.24, 2.45) is 5.84 Å². The largest absolute Gasteiger partial charge is 0.382 e. The van der Waals surface area contributed by atoms with E-state index in [1.807, 2.05) is 12.1 Å². The van der Waals surface area contributed by atoms with E-state index in [0.717, 1.165) is 5.69 Å². The lowest BCUT2D eigenvalue weighted by Gasteiger charge is -2.06. The molecule has 1 rings (SSSR count). The van der Waals surface area contributed by atoms with Crippen LogP contribution in [0.4, 0.5) is 5.82 Å². The maximum absolute atomic E-state index is 5.40. The number of nitrogens with zero attached hydrogens (tertiary/aromatic N) is 1. The average Bonchev–Trinajstić information content (AvgIpc) is 2.38. The number of hydrogen-bond acceptors (Lipinski definition) is 6. The van der Waals surface area contributed by atoms with Gasteiger partial charge in [0.15, 0.2) is 0 Å². The number of nitrogen functional groups attached to an aromatic ring is 1. The minimum Gasteiger partial charge on any atom is -0.382 e. The van der Waals surface area contributed by atoms with Gasteiger partial charge in [-0.05, 0) is 12.1 Å². The Kier molecular flexibility index (Phi) is 7.24. The van der Waals surface area contributed by atoms with E-state index < -0.39 is 0 Å². The van der Waals surface area contributed by atoms with E-state index >= 15 is 0 Å². The SMILES string of the molecule is COCCOCCOCc1cccc(NN)n1. The van der Waals surface area contributed by atoms with Crippen LogP contribution in [0.5, 0.6) is 0 Å². The number of anilines is 1. The van der Waals surface area contributed by atoms with Gasteiger partial charge in [0.25, 0.3) is 0 Å². The third-order valence-electron chi connectivity index (χ3n) is 2.01. The summed E-state index contributed by atoms with van der Waals surface area (Å²) < 4.78 is 15.5. The number of methoxy groups -OCH3 is 1. The Morgan fingerprint density at radius 2 is 1.94 bits per heavy atom. The Morgan fingerprint density at radius 3 is 2.71 bits per heavy atom. The molecule has 6 nitrogen and oxygen atoms in total. The van der Waals surface area contributed by atoms with E-state index in [0.29, 0.717) is 38.9 Å². The highest BCUT2D eigenvalue weighted by molar-refractivity contribution is 5.33. The van der Waals surface area contributed by atoms with Crippen molar-refractivity contribution in [3.05, 3.63) is 23.9 Å². The van der Waals surface area contributed by atoms with E-state index in [2.05, 4.69) is 10.4 Å². The molecule has 0 aromatic carbocycles. The predicted molar refractivity (Wildman–Crippen MR) is 64.4 cm³/mol. The first-order valence-electron chi connectivity index (χ1n) is 5.44. The van der Waals surface area contributed by atoms with Crippen LogP contribution in [-0.4, -0.2) is 38.5 Å². The number of aromatic nitrogens is 1. The van der Waals surface area contributed by atoms with Gasteiger partial charge in [-0.3, -0.25) is 0 Å². The molecule has 6 heteroatoms. The monoisotopic (exact) mass is 241 g/mol. The minimum atomic E-state index is 0.448. The van der Waals surface area contributed by atoms with Gasteiger partial charge in [-0.25, -0.2) is 10.8 Å². The van der Waals surface area contributed by atoms with Gasteiger partial charge in [0.1, 0.15) is 5.82 Å². The Morgan fingerprint density at radius 1 is 1.18 bits per heavy atom. The lowest BCUT2D eigenvalue weighted by molar-refractivity contribution is 0.0192. The van der Waals surface area contributed by atoms with Crippen molar-refractivity contribution in [3.8, 4) is 0 Å². The van der Waals surface area contributed by atoms with Crippen molar-refractivity contribution >= 4 is 5.82 Å². The smallest absolute Gasteiger partial charge is 0.140 e. The lowest BCUT2D eigenvalue weighted by atomic mass is 10.3. The molecule has 1 aromatic rings. The highest BCUT2D eigenvalue weighted by Gasteiger charge is 1.97. The van der Waals surface area contributed by atoms with E-state index in [9.17, 15) is 0 Å². The second-order valence-electron chi connectivity index (χ2n) is 3.32. The van der Waals surface area contributed by atoms with Gasteiger partial charge in [-0.15, -0.1) is 0 Å². The summed E-state index contributed by atoms with van der Waals surface area (Å²) in [4.78, 5) is 4.22. The van der Waals surface area contributed by atoms with Crippen molar-refractivity contribution in [2.75, 3.05) is 39.0 Å². The van der Waals surface area contributed by atoms with E-state index in [4.69, 9.17) is 20.1 Å². The highest BCUT2D eigenvalue weighted by Crippen LogP contribution is 2.04. The number of pyridine rings is 1. The molecule has 0 aliphatic carbocycles. The topological polar surface area (TPSA) is 78.6 Å². The molecule has 0 aliphatic heterocycles. The number of hydrazine groups is 1. The van der Waals surface area contributed by atoms with Gasteiger partial charge >= 0.3 is 0 Å². The minimum absolute atomic E-state index is 0.448. The van der Waals surface area contributed by atoms with Crippen molar-refractivity contribution < 1.29 is 14.2 Å². The molecule has 0 aliphatic rings. The van der Waals surface area contributed by atoms with Gasteiger partial charge in [-0.1, -0.05) is 6.07 Å². The molecule has 0 fully saturated rings. The predicted octanol–water partition coefficient (Wildman–Crippen LogP) is 0.547. The highest BCUT2D eigenvalue weighted by atomic mass is 16.5. The Hall–Kier alpha value is -1.21. The molecule has 0 saturated heterocycles. The average molecular weight is 241 g/mol. The second kappa shape index (κ2) is 8.89. The molecule has 0 saturated carbocycles. The first-order chi connectivity index (χ1) is 8.36. The molecular weight excluding hydrogens is 222 g/mol. The van der Waals surface area contributed by atoms with Crippen molar-refractivity contribution in [2.45, 2.75) is 6.61 Å². The van der Waals surface area contributed by atoms with Gasteiger partial charge in [-0.2, -0.15) is 0 Å². The molecule has 1 aromatic heterocycles. The summed E-state index contributed by atoms with van der Waals surface area (Å²) >= 11 is 0. The number of ether oxygens (including phenoxy) is 3. The zero-order chi connectivity index (χ0) is 12.3. The van der Waals surface area contributed by atoms with E-state index in [1.54, 1.807) is 13.2 Å². The summed E-state index contributed by atoms with van der Waals surface area (Å²) in [5.41, 5.74) is 3.32. The zero-order valence-electron chi connectivity index (χ0n) is 10.0. The molecule has 17 heavy (non-hydrogen) atoms. The maximum Gasteiger partial charge on any atom is 0.140 e. The molecule has 0 radical (unpaired) electrons. The number of hydrogen-bond donors (Lipinski definition) is 2. The zero-order valence-corrected chi connectivity index (χ0v) is 10.0. The van der Waals surface area contributed by atoms with Gasteiger partial charge in [0, 0.05) is 7.11 Å². The molecule has 1 heterocycles. The Bertz CT molecular complexity index is 310. The molecule has 0 spiro atoms. The molecule has 0 bridgehead atoms. The summed E-state index contributed by atoms with van der Waals surface area (Å²) in [7, 11) is 1.64. The van der Waals surface area contributed by atoms with Crippen LogP contribution >= 0.6 is 0 Å². The first-order valence-corrected chi connectivity index (χ1v) is 5.44. The van der Waals surface area contributed by atoms with Crippen LogP contribution in [0.3, 0.4) is 0 Å². The third kappa shape index (κ3) is 6.18. The summed E-state index contributed by atoms with van der Waals surface area (Å²) in [6.07, 6.45) is 0. The van der Waals surface area contributed by atoms with E-state index in [1.165, 1.54) is 0 Å². The standard InChI is InChI=1S/C11H19N3O3/c1-15-5-6-16-7-8-17-9-10-3-2-4-11(13-10)14-12/h2-4H,5-9,12H2,1H3,(H,13,14). The maximum atomic E-state index is 5.40. The fraction of sp³-hybridized carbons (Fsp3) is 0.545. The second-order valence-corrected chi connectivity index (χ2v) is 3.32. The molecular formula is C11H19N3O3. The molecule has 3 N–H and O–H groups in total. The molecule has 96 valence electrons. The lowest BCUT2D eigenvalue weighted by Crippen LogP contribution is -2.11. The van der Waals surface area contributed by atoms with Crippen LogP contribution in [0.2, 0.25) is 0 Å². The Balaban J connectivity index is 2.09. The quantitative estimate of drug-likeness (QED) is 0.373.